The molecule has 1 aromatic rings. The summed E-state index contributed by atoms with van der Waals surface area (Å²) in [5.74, 6) is -9.75. The predicted octanol–water partition coefficient (Wildman–Crippen LogP) is 5.25. The topological polar surface area (TPSA) is 171 Å². The molecule has 0 heterocycles. The quantitative estimate of drug-likeness (QED) is 0.0404. The molecular formula is C26H34F6O11S2. The molecule has 19 heteroatoms. The Morgan fingerprint density at radius 1 is 0.711 bits per heavy atom. The van der Waals surface area contributed by atoms with Gasteiger partial charge in [-0.25, -0.2) is 9.59 Å². The summed E-state index contributed by atoms with van der Waals surface area (Å²) in [6.07, 6.45) is 8.74. The fraction of sp³-hybridized carbons (Fsp3) is 0.615. The maximum atomic E-state index is 13.9. The molecule has 0 atom stereocenters. The highest BCUT2D eigenvalue weighted by atomic mass is 32.2. The Morgan fingerprint density at radius 3 is 1.56 bits per heavy atom. The summed E-state index contributed by atoms with van der Waals surface area (Å²) in [6.45, 7) is 3.22. The highest BCUT2D eigenvalue weighted by molar-refractivity contribution is 7.88. The number of carbonyl (C=O) groups excluding carboxylic acids is 2. The van der Waals surface area contributed by atoms with E-state index in [1.807, 2.05) is 0 Å². The van der Waals surface area contributed by atoms with Crippen LogP contribution in [0.2, 0.25) is 0 Å². The number of unbranched alkanes of at least 4 members (excludes halogenated alkanes) is 9. The van der Waals surface area contributed by atoms with Crippen LogP contribution in [0.1, 0.15) is 74.6 Å². The first-order valence-electron chi connectivity index (χ1n) is 13.5. The highest BCUT2D eigenvalue weighted by Gasteiger charge is 2.83. The molecule has 0 aliphatic heterocycles. The van der Waals surface area contributed by atoms with E-state index in [2.05, 4.69) is 10.8 Å². The van der Waals surface area contributed by atoms with Crippen molar-refractivity contribution in [3.05, 3.63) is 42.0 Å². The number of aliphatic hydroxyl groups is 1. The summed E-state index contributed by atoms with van der Waals surface area (Å²) >= 11 is 0. The smallest absolute Gasteiger partial charge is 0.450 e. The maximum absolute atomic E-state index is 13.9. The first-order valence-corrected chi connectivity index (χ1v) is 16.3. The van der Waals surface area contributed by atoms with Gasteiger partial charge in [0.25, 0.3) is 0 Å². The van der Waals surface area contributed by atoms with E-state index in [4.69, 9.17) is 19.1 Å². The van der Waals surface area contributed by atoms with Gasteiger partial charge in [-0.15, -0.1) is 0 Å². The van der Waals surface area contributed by atoms with Gasteiger partial charge in [0.1, 0.15) is 5.75 Å². The van der Waals surface area contributed by atoms with Gasteiger partial charge in [-0.05, 0) is 37.1 Å². The van der Waals surface area contributed by atoms with Gasteiger partial charge < -0.3 is 18.8 Å². The number of hydrogen-bond donors (Lipinski definition) is 2. The van der Waals surface area contributed by atoms with Crippen LogP contribution in [0, 0.1) is 0 Å². The Morgan fingerprint density at radius 2 is 1.13 bits per heavy atom. The normalized spacial score (nSPS) is 12.9. The van der Waals surface area contributed by atoms with Gasteiger partial charge in [0, 0.05) is 0 Å². The number of hydrogen-bond acceptors (Lipinski definition) is 10. The molecule has 2 N–H and O–H groups in total. The van der Waals surface area contributed by atoms with E-state index >= 15 is 0 Å². The zero-order valence-corrected chi connectivity index (χ0v) is 25.5. The van der Waals surface area contributed by atoms with E-state index in [0.29, 0.717) is 18.6 Å². The lowest BCUT2D eigenvalue weighted by Gasteiger charge is -2.29. The summed E-state index contributed by atoms with van der Waals surface area (Å²) in [4.78, 5) is 23.4. The minimum atomic E-state index is -7.17. The Kier molecular flexibility index (Phi) is 15.3. The van der Waals surface area contributed by atoms with Crippen LogP contribution in [0.25, 0.3) is 0 Å². The molecule has 0 unspecified atom stereocenters. The Balaban J connectivity index is 2.36. The summed E-state index contributed by atoms with van der Waals surface area (Å²) in [5.41, 5.74) is -0.206. The zero-order valence-electron chi connectivity index (χ0n) is 23.9. The molecule has 0 bridgehead atoms. The van der Waals surface area contributed by atoms with Crippen molar-refractivity contribution in [2.24, 2.45) is 0 Å². The van der Waals surface area contributed by atoms with E-state index in [1.165, 1.54) is 0 Å². The van der Waals surface area contributed by atoms with Crippen LogP contribution in [0.3, 0.4) is 0 Å². The molecule has 0 radical (unpaired) electrons. The number of benzene rings is 1. The van der Waals surface area contributed by atoms with Crippen molar-refractivity contribution < 1.29 is 76.1 Å². The van der Waals surface area contributed by atoms with Crippen molar-refractivity contribution in [3.63, 3.8) is 0 Å². The van der Waals surface area contributed by atoms with Crippen molar-refractivity contribution in [2.75, 3.05) is 19.8 Å². The van der Waals surface area contributed by atoms with E-state index in [9.17, 15) is 52.8 Å². The third-order valence-electron chi connectivity index (χ3n) is 6.15. The molecule has 0 saturated heterocycles. The number of esters is 2. The molecule has 0 fully saturated rings. The van der Waals surface area contributed by atoms with Gasteiger partial charge in [0.05, 0.1) is 31.0 Å². The molecule has 0 amide bonds. The minimum absolute atomic E-state index is 0.0133. The fourth-order valence-electron chi connectivity index (χ4n) is 3.51. The number of carbonyl (C=O) groups is 2. The maximum Gasteiger partial charge on any atom is 0.450 e. The molecule has 1 rings (SSSR count). The van der Waals surface area contributed by atoms with E-state index in [-0.39, 0.29) is 24.4 Å². The molecular weight excluding hydrogens is 666 g/mol. The number of rotatable bonds is 22. The number of alkyl halides is 6. The van der Waals surface area contributed by atoms with Crippen molar-refractivity contribution in [1.29, 1.82) is 0 Å². The van der Waals surface area contributed by atoms with Gasteiger partial charge in [-0.3, -0.25) is 4.55 Å². The highest BCUT2D eigenvalue weighted by Crippen LogP contribution is 2.50. The van der Waals surface area contributed by atoms with Gasteiger partial charge in [0.2, 0.25) is 0 Å². The molecule has 1 aromatic carbocycles. The Bertz CT molecular complexity index is 1350. The van der Waals surface area contributed by atoms with Crippen LogP contribution in [0.5, 0.6) is 5.75 Å². The molecule has 0 spiro atoms. The molecule has 45 heavy (non-hydrogen) atoms. The first-order chi connectivity index (χ1) is 20.7. The second kappa shape index (κ2) is 17.1. The van der Waals surface area contributed by atoms with Crippen LogP contribution in [-0.4, -0.2) is 74.7 Å². The first kappa shape index (κ1) is 40.1. The lowest BCUT2D eigenvalue weighted by atomic mass is 10.1. The molecule has 0 aromatic heterocycles. The fourth-order valence-corrected chi connectivity index (χ4v) is 4.94. The summed E-state index contributed by atoms with van der Waals surface area (Å²) < 4.78 is 148. The molecule has 0 saturated carbocycles. The van der Waals surface area contributed by atoms with Gasteiger partial charge in [-0.2, -0.15) is 43.2 Å². The minimum Gasteiger partial charge on any atom is -0.462 e. The molecule has 258 valence electrons. The van der Waals surface area contributed by atoms with Crippen LogP contribution in [-0.2, 0) is 34.5 Å². The second-order valence-corrected chi connectivity index (χ2v) is 12.8. The largest absolute Gasteiger partial charge is 0.462 e. The molecule has 0 aliphatic rings. The average Bonchev–Trinajstić information content (AvgIpc) is 2.95. The SMILES string of the molecule is C=C(CO)C(=O)OCCCCCCCCCCCCOC(=O)c1ccc(OS(=O)(=O)C(F)(F)C(F)(F)C(F)(F)S(=O)(=O)O)cc1. The number of aliphatic hydroxyl groups excluding tert-OH is 1. The Hall–Kier alpha value is -2.90. The molecule has 0 aliphatic carbocycles. The number of ether oxygens (including phenoxy) is 2. The van der Waals surface area contributed by atoms with E-state index in [1.54, 1.807) is 0 Å². The average molecular weight is 701 g/mol. The summed E-state index contributed by atoms with van der Waals surface area (Å²) in [6, 6.07) is 2.76. The third kappa shape index (κ3) is 11.1. The summed E-state index contributed by atoms with van der Waals surface area (Å²) in [7, 11) is -14.1. The zero-order chi connectivity index (χ0) is 34.5. The number of halogens is 6. The van der Waals surface area contributed by atoms with Crippen LogP contribution in [0.15, 0.2) is 36.4 Å². The monoisotopic (exact) mass is 700 g/mol. The van der Waals surface area contributed by atoms with Gasteiger partial charge >= 0.3 is 48.6 Å². The second-order valence-electron chi connectivity index (χ2n) is 9.71. The van der Waals surface area contributed by atoms with E-state index < -0.39 is 61.0 Å². The van der Waals surface area contributed by atoms with E-state index in [0.717, 1.165) is 69.9 Å². The summed E-state index contributed by atoms with van der Waals surface area (Å²) in [5, 5.41) is -4.95. The lowest BCUT2D eigenvalue weighted by Crippen LogP contribution is -2.61. The van der Waals surface area contributed by atoms with Gasteiger partial charge in [-0.1, -0.05) is 57.9 Å². The van der Waals surface area contributed by atoms with Crippen molar-refractivity contribution in [3.8, 4) is 5.75 Å². The Labute approximate surface area is 256 Å². The predicted molar refractivity (Wildman–Crippen MR) is 146 cm³/mol. The van der Waals surface area contributed by atoms with Crippen molar-refractivity contribution >= 4 is 32.2 Å². The molecule has 11 nitrogen and oxygen atoms in total. The van der Waals surface area contributed by atoms with Gasteiger partial charge in [0.15, 0.2) is 0 Å². The van der Waals surface area contributed by atoms with Crippen LogP contribution in [0.4, 0.5) is 26.3 Å². The lowest BCUT2D eigenvalue weighted by molar-refractivity contribution is -0.247. The third-order valence-corrected chi connectivity index (χ3v) is 8.35. The van der Waals surface area contributed by atoms with Crippen LogP contribution >= 0.6 is 0 Å². The van der Waals surface area contributed by atoms with Crippen molar-refractivity contribution in [2.45, 2.75) is 80.6 Å². The van der Waals surface area contributed by atoms with Crippen molar-refractivity contribution in [1.82, 2.24) is 0 Å². The standard InChI is InChI=1S/C26H34F6O11S2/c1-19(18-33)22(34)41-16-10-8-6-4-2-3-5-7-9-11-17-42-23(35)20-12-14-21(15-13-20)43-45(39,40)26(31,32)24(27,28)25(29,30)44(36,37)38/h12-15,33H,1-11,16-18H2,(H,36,37,38). The van der Waals surface area contributed by atoms with Crippen LogP contribution < -0.4 is 4.18 Å².